The minimum atomic E-state index is -0.906. The molecule has 1 saturated carbocycles. The molecule has 1 heterocycles. The van der Waals surface area contributed by atoms with E-state index in [4.69, 9.17) is 16.3 Å². The summed E-state index contributed by atoms with van der Waals surface area (Å²) in [6.07, 6.45) is 6.58. The van der Waals surface area contributed by atoms with Gasteiger partial charge in [-0.05, 0) is 50.7 Å². The normalized spacial score (nSPS) is 27.7. The van der Waals surface area contributed by atoms with Gasteiger partial charge in [0.1, 0.15) is 0 Å². The summed E-state index contributed by atoms with van der Waals surface area (Å²) in [5.41, 5.74) is -0.0706. The summed E-state index contributed by atoms with van der Waals surface area (Å²) in [7, 11) is 0. The smallest absolute Gasteiger partial charge is 0.0912 e. The number of halogens is 2. The molecule has 2 fully saturated rings. The first-order valence-corrected chi connectivity index (χ1v) is 8.92. The zero-order valence-corrected chi connectivity index (χ0v) is 14.7. The summed E-state index contributed by atoms with van der Waals surface area (Å²) in [5, 5.41) is 11.8. The summed E-state index contributed by atoms with van der Waals surface area (Å²) < 4.78 is 7.02. The lowest BCUT2D eigenvalue weighted by Gasteiger charge is -2.44. The Morgan fingerprint density at radius 2 is 2.10 bits per heavy atom. The highest BCUT2D eigenvalue weighted by atomic mass is 79.9. The van der Waals surface area contributed by atoms with Gasteiger partial charge in [0.25, 0.3) is 0 Å². The molecule has 4 heteroatoms. The molecule has 1 aromatic carbocycles. The Hall–Kier alpha value is -0.0900. The lowest BCUT2D eigenvalue weighted by atomic mass is 9.73. The fourth-order valence-electron chi connectivity index (χ4n) is 4.00. The molecule has 2 atom stereocenters. The van der Waals surface area contributed by atoms with E-state index in [9.17, 15) is 5.11 Å². The van der Waals surface area contributed by atoms with Gasteiger partial charge in [-0.1, -0.05) is 46.4 Å². The first-order valence-electron chi connectivity index (χ1n) is 7.75. The third-order valence-electron chi connectivity index (χ3n) is 5.28. The number of aliphatic hydroxyl groups is 1. The Bertz CT molecular complexity index is 524. The van der Waals surface area contributed by atoms with E-state index in [-0.39, 0.29) is 11.5 Å². The van der Waals surface area contributed by atoms with Gasteiger partial charge < -0.3 is 9.84 Å². The maximum absolute atomic E-state index is 11.2. The van der Waals surface area contributed by atoms with Crippen molar-refractivity contribution in [1.82, 2.24) is 0 Å². The molecule has 1 aliphatic carbocycles. The second kappa shape index (κ2) is 5.84. The van der Waals surface area contributed by atoms with Crippen molar-refractivity contribution < 1.29 is 9.84 Å². The van der Waals surface area contributed by atoms with Gasteiger partial charge in [0.2, 0.25) is 0 Å². The van der Waals surface area contributed by atoms with Crippen molar-refractivity contribution >= 4 is 27.5 Å². The van der Waals surface area contributed by atoms with Gasteiger partial charge in [0.05, 0.1) is 11.2 Å². The number of ether oxygens (including phenoxy) is 1. The van der Waals surface area contributed by atoms with Crippen LogP contribution in [-0.2, 0) is 10.3 Å². The van der Waals surface area contributed by atoms with Crippen LogP contribution in [0.15, 0.2) is 22.7 Å². The van der Waals surface area contributed by atoms with Crippen LogP contribution >= 0.6 is 27.5 Å². The molecule has 1 aliphatic heterocycles. The highest BCUT2D eigenvalue weighted by molar-refractivity contribution is 9.10. The van der Waals surface area contributed by atoms with Crippen LogP contribution in [0.4, 0.5) is 0 Å². The summed E-state index contributed by atoms with van der Waals surface area (Å²) in [6, 6.07) is 5.74. The van der Waals surface area contributed by atoms with Crippen LogP contribution in [-0.4, -0.2) is 17.3 Å². The predicted octanol–water partition coefficient (Wildman–Crippen LogP) is 5.05. The SMILES string of the molecule is CC(O)(c1ccc(Br)cc1Cl)C1CCOC2(CCCC2)C1. The van der Waals surface area contributed by atoms with Crippen LogP contribution in [0.5, 0.6) is 0 Å². The Morgan fingerprint density at radius 3 is 2.76 bits per heavy atom. The monoisotopic (exact) mass is 372 g/mol. The fraction of sp³-hybridized carbons (Fsp3) is 0.647. The van der Waals surface area contributed by atoms with Gasteiger partial charge in [0.15, 0.2) is 0 Å². The van der Waals surface area contributed by atoms with E-state index in [1.807, 2.05) is 25.1 Å². The standard InChI is InChI=1S/C17H22BrClO2/c1-16(20,14-5-4-13(18)10-15(14)19)12-6-9-21-17(11-12)7-2-3-8-17/h4-5,10,12,20H,2-3,6-9,11H2,1H3. The van der Waals surface area contributed by atoms with Gasteiger partial charge >= 0.3 is 0 Å². The Balaban J connectivity index is 1.86. The Kier molecular flexibility index (Phi) is 4.39. The molecule has 1 N–H and O–H groups in total. The van der Waals surface area contributed by atoms with Crippen LogP contribution in [0, 0.1) is 5.92 Å². The summed E-state index contributed by atoms with van der Waals surface area (Å²) >= 11 is 9.78. The first-order chi connectivity index (χ1) is 9.93. The van der Waals surface area contributed by atoms with E-state index in [0.29, 0.717) is 5.02 Å². The molecule has 21 heavy (non-hydrogen) atoms. The molecular weight excluding hydrogens is 352 g/mol. The molecule has 0 amide bonds. The van der Waals surface area contributed by atoms with Crippen molar-refractivity contribution in [2.75, 3.05) is 6.61 Å². The van der Waals surface area contributed by atoms with Gasteiger partial charge in [-0.15, -0.1) is 0 Å². The number of benzene rings is 1. The average Bonchev–Trinajstić information content (AvgIpc) is 2.86. The summed E-state index contributed by atoms with van der Waals surface area (Å²) in [6.45, 7) is 2.65. The first kappa shape index (κ1) is 15.8. The molecular formula is C17H22BrClO2. The second-order valence-electron chi connectivity index (χ2n) is 6.70. The molecule has 2 nitrogen and oxygen atoms in total. The van der Waals surface area contributed by atoms with Crippen LogP contribution in [0.1, 0.15) is 51.0 Å². The summed E-state index contributed by atoms with van der Waals surface area (Å²) in [5.74, 6) is 0.197. The van der Waals surface area contributed by atoms with E-state index >= 15 is 0 Å². The lowest BCUT2D eigenvalue weighted by molar-refractivity contribution is -0.138. The van der Waals surface area contributed by atoms with Gasteiger partial charge in [-0.3, -0.25) is 0 Å². The van der Waals surface area contributed by atoms with Crippen molar-refractivity contribution in [3.63, 3.8) is 0 Å². The van der Waals surface area contributed by atoms with Crippen LogP contribution in [0.3, 0.4) is 0 Å². The zero-order chi connectivity index (χ0) is 15.1. The molecule has 1 aromatic rings. The van der Waals surface area contributed by atoms with Crippen LogP contribution in [0.2, 0.25) is 5.02 Å². The number of hydrogen-bond acceptors (Lipinski definition) is 2. The zero-order valence-electron chi connectivity index (χ0n) is 12.4. The molecule has 0 radical (unpaired) electrons. The van der Waals surface area contributed by atoms with Crippen molar-refractivity contribution in [3.8, 4) is 0 Å². The summed E-state index contributed by atoms with van der Waals surface area (Å²) in [4.78, 5) is 0. The van der Waals surface area contributed by atoms with E-state index in [0.717, 1.165) is 42.3 Å². The molecule has 1 saturated heterocycles. The van der Waals surface area contributed by atoms with E-state index in [1.54, 1.807) is 0 Å². The maximum atomic E-state index is 11.2. The number of rotatable bonds is 2. The fourth-order valence-corrected chi connectivity index (χ4v) is 4.86. The predicted molar refractivity (Wildman–Crippen MR) is 88.6 cm³/mol. The van der Waals surface area contributed by atoms with E-state index < -0.39 is 5.60 Å². The number of hydrogen-bond donors (Lipinski definition) is 1. The van der Waals surface area contributed by atoms with Crippen LogP contribution in [0.25, 0.3) is 0 Å². The van der Waals surface area contributed by atoms with Crippen LogP contribution < -0.4 is 0 Å². The lowest BCUT2D eigenvalue weighted by Crippen LogP contribution is -2.44. The van der Waals surface area contributed by atoms with E-state index in [1.165, 1.54) is 12.8 Å². The molecule has 1 spiro atoms. The van der Waals surface area contributed by atoms with Crippen molar-refractivity contribution in [1.29, 1.82) is 0 Å². The second-order valence-corrected chi connectivity index (χ2v) is 8.02. The van der Waals surface area contributed by atoms with Gasteiger partial charge in [-0.2, -0.15) is 0 Å². The maximum Gasteiger partial charge on any atom is 0.0912 e. The highest BCUT2D eigenvalue weighted by Gasteiger charge is 2.46. The molecule has 0 bridgehead atoms. The molecule has 0 aromatic heterocycles. The van der Waals surface area contributed by atoms with Gasteiger partial charge in [0, 0.05) is 21.7 Å². The van der Waals surface area contributed by atoms with Crippen molar-refractivity contribution in [3.05, 3.63) is 33.3 Å². The molecule has 2 unspecified atom stereocenters. The minimum Gasteiger partial charge on any atom is -0.385 e. The van der Waals surface area contributed by atoms with Gasteiger partial charge in [-0.25, -0.2) is 0 Å². The highest BCUT2D eigenvalue weighted by Crippen LogP contribution is 2.48. The Morgan fingerprint density at radius 1 is 1.38 bits per heavy atom. The largest absolute Gasteiger partial charge is 0.385 e. The molecule has 116 valence electrons. The Labute approximate surface area is 140 Å². The minimum absolute atomic E-state index is 0.00868. The van der Waals surface area contributed by atoms with Crippen molar-refractivity contribution in [2.24, 2.45) is 5.92 Å². The third-order valence-corrected chi connectivity index (χ3v) is 6.09. The topological polar surface area (TPSA) is 29.5 Å². The quantitative estimate of drug-likeness (QED) is 0.786. The molecule has 2 aliphatic rings. The third kappa shape index (κ3) is 3.03. The average molecular weight is 374 g/mol. The van der Waals surface area contributed by atoms with Crippen molar-refractivity contribution in [2.45, 2.75) is 56.7 Å². The molecule has 3 rings (SSSR count). The van der Waals surface area contributed by atoms with E-state index in [2.05, 4.69) is 15.9 Å².